The minimum Gasteiger partial charge on any atom is -0.298 e. The van der Waals surface area contributed by atoms with E-state index in [2.05, 4.69) is 5.10 Å². The van der Waals surface area contributed by atoms with E-state index in [1.54, 1.807) is 22.9 Å². The van der Waals surface area contributed by atoms with E-state index in [4.69, 9.17) is 11.6 Å². The number of halogens is 1. The number of rotatable bonds is 2. The third-order valence-corrected chi connectivity index (χ3v) is 2.59. The van der Waals surface area contributed by atoms with E-state index in [1.807, 2.05) is 19.9 Å². The Hall–Kier alpha value is -1.61. The summed E-state index contributed by atoms with van der Waals surface area (Å²) in [6.45, 7) is 3.86. The van der Waals surface area contributed by atoms with E-state index in [-0.39, 0.29) is 0 Å². The van der Waals surface area contributed by atoms with Gasteiger partial charge in [-0.2, -0.15) is 5.10 Å². The Balaban J connectivity index is 2.63. The molecule has 0 saturated heterocycles. The Kier molecular flexibility index (Phi) is 2.79. The lowest BCUT2D eigenvalue weighted by atomic mass is 10.2. The fourth-order valence-corrected chi connectivity index (χ4v) is 1.87. The Labute approximate surface area is 98.7 Å². The van der Waals surface area contributed by atoms with Gasteiger partial charge < -0.3 is 0 Å². The summed E-state index contributed by atoms with van der Waals surface area (Å²) in [5, 5.41) is 4.88. The van der Waals surface area contributed by atoms with Crippen molar-refractivity contribution in [2.24, 2.45) is 0 Å². The van der Waals surface area contributed by atoms with Gasteiger partial charge in [0.05, 0.1) is 11.4 Å². The number of hydrogen-bond acceptors (Lipinski definition) is 2. The van der Waals surface area contributed by atoms with Gasteiger partial charge in [0.25, 0.3) is 0 Å². The molecule has 2 aromatic rings. The van der Waals surface area contributed by atoms with Gasteiger partial charge in [-0.15, -0.1) is 0 Å². The molecule has 0 amide bonds. The first kappa shape index (κ1) is 10.9. The van der Waals surface area contributed by atoms with Crippen molar-refractivity contribution >= 4 is 17.9 Å². The summed E-state index contributed by atoms with van der Waals surface area (Å²) in [5.74, 6) is 0. The van der Waals surface area contributed by atoms with Crippen LogP contribution >= 0.6 is 11.6 Å². The van der Waals surface area contributed by atoms with Crippen molar-refractivity contribution < 1.29 is 4.79 Å². The number of carbonyl (C=O) groups is 1. The number of aldehydes is 1. The predicted octanol–water partition coefficient (Wildman–Crippen LogP) is 2.96. The average molecular weight is 235 g/mol. The molecule has 0 unspecified atom stereocenters. The monoisotopic (exact) mass is 234 g/mol. The van der Waals surface area contributed by atoms with E-state index in [0.717, 1.165) is 23.4 Å². The van der Waals surface area contributed by atoms with Crippen LogP contribution in [0.25, 0.3) is 5.69 Å². The quantitative estimate of drug-likeness (QED) is 0.749. The number of nitrogens with zero attached hydrogens (tertiary/aromatic N) is 2. The smallest absolute Gasteiger partial charge is 0.152 e. The first-order valence-electron chi connectivity index (χ1n) is 4.90. The maximum Gasteiger partial charge on any atom is 0.152 e. The zero-order chi connectivity index (χ0) is 11.7. The zero-order valence-electron chi connectivity index (χ0n) is 9.07. The standard InChI is InChI=1S/C12H11ClN2O/c1-8-5-9(2)15(14-8)12-4-3-11(13)6-10(12)7-16/h3-7H,1-2H3. The number of carbonyl (C=O) groups excluding carboxylic acids is 1. The van der Waals surface area contributed by atoms with Gasteiger partial charge >= 0.3 is 0 Å². The second kappa shape index (κ2) is 4.10. The summed E-state index contributed by atoms with van der Waals surface area (Å²) < 4.78 is 1.75. The van der Waals surface area contributed by atoms with Crippen molar-refractivity contribution in [3.8, 4) is 5.69 Å². The molecule has 0 aliphatic carbocycles. The van der Waals surface area contributed by atoms with Crippen LogP contribution in [0.5, 0.6) is 0 Å². The summed E-state index contributed by atoms with van der Waals surface area (Å²) in [7, 11) is 0. The molecule has 0 radical (unpaired) electrons. The van der Waals surface area contributed by atoms with Crippen LogP contribution in [0.15, 0.2) is 24.3 Å². The molecule has 0 spiro atoms. The van der Waals surface area contributed by atoms with E-state index >= 15 is 0 Å². The van der Waals surface area contributed by atoms with Crippen molar-refractivity contribution in [2.75, 3.05) is 0 Å². The van der Waals surface area contributed by atoms with Gasteiger partial charge in [-0.3, -0.25) is 4.79 Å². The minimum atomic E-state index is 0.540. The molecule has 1 aromatic carbocycles. The fraction of sp³-hybridized carbons (Fsp3) is 0.167. The van der Waals surface area contributed by atoms with Crippen molar-refractivity contribution in [3.05, 3.63) is 46.2 Å². The molecule has 0 fully saturated rings. The Morgan fingerprint density at radius 3 is 2.62 bits per heavy atom. The molecule has 82 valence electrons. The summed E-state index contributed by atoms with van der Waals surface area (Å²) in [6.07, 6.45) is 0.789. The molecule has 1 heterocycles. The summed E-state index contributed by atoms with van der Waals surface area (Å²) in [6, 6.07) is 7.15. The fourth-order valence-electron chi connectivity index (χ4n) is 1.69. The van der Waals surface area contributed by atoms with Gasteiger partial charge in [0, 0.05) is 16.3 Å². The van der Waals surface area contributed by atoms with E-state index in [0.29, 0.717) is 10.6 Å². The Morgan fingerprint density at radius 2 is 2.06 bits per heavy atom. The molecular weight excluding hydrogens is 224 g/mol. The van der Waals surface area contributed by atoms with Crippen LogP contribution in [0.2, 0.25) is 5.02 Å². The maximum absolute atomic E-state index is 11.0. The number of aryl methyl sites for hydroxylation is 2. The van der Waals surface area contributed by atoms with Crippen LogP contribution in [0, 0.1) is 13.8 Å². The van der Waals surface area contributed by atoms with Crippen LogP contribution in [0.4, 0.5) is 0 Å². The topological polar surface area (TPSA) is 34.9 Å². The minimum absolute atomic E-state index is 0.540. The zero-order valence-corrected chi connectivity index (χ0v) is 9.82. The first-order chi connectivity index (χ1) is 7.61. The van der Waals surface area contributed by atoms with Gasteiger partial charge in [-0.25, -0.2) is 4.68 Å². The maximum atomic E-state index is 11.0. The second-order valence-corrected chi connectivity index (χ2v) is 4.10. The third kappa shape index (κ3) is 1.86. The lowest BCUT2D eigenvalue weighted by molar-refractivity contribution is 0.112. The van der Waals surface area contributed by atoms with Crippen molar-refractivity contribution in [1.29, 1.82) is 0 Å². The lowest BCUT2D eigenvalue weighted by Crippen LogP contribution is -2.02. The SMILES string of the molecule is Cc1cc(C)n(-c2ccc(Cl)cc2C=O)n1. The summed E-state index contributed by atoms with van der Waals surface area (Å²) in [4.78, 5) is 11.0. The molecule has 0 bridgehead atoms. The Morgan fingerprint density at radius 1 is 1.31 bits per heavy atom. The molecule has 0 N–H and O–H groups in total. The molecular formula is C12H11ClN2O. The summed E-state index contributed by atoms with van der Waals surface area (Å²) >= 11 is 5.84. The molecule has 3 nitrogen and oxygen atoms in total. The molecule has 0 saturated carbocycles. The Bertz CT molecular complexity index is 546. The highest BCUT2D eigenvalue weighted by atomic mass is 35.5. The van der Waals surface area contributed by atoms with Crippen LogP contribution in [0.3, 0.4) is 0 Å². The first-order valence-corrected chi connectivity index (χ1v) is 5.28. The van der Waals surface area contributed by atoms with E-state index in [9.17, 15) is 4.79 Å². The number of benzene rings is 1. The van der Waals surface area contributed by atoms with E-state index in [1.165, 1.54) is 0 Å². The highest BCUT2D eigenvalue weighted by Gasteiger charge is 2.08. The predicted molar refractivity (Wildman–Crippen MR) is 63.4 cm³/mol. The van der Waals surface area contributed by atoms with Gasteiger partial charge in [0.2, 0.25) is 0 Å². The molecule has 0 aliphatic heterocycles. The molecule has 2 rings (SSSR count). The third-order valence-electron chi connectivity index (χ3n) is 2.35. The van der Waals surface area contributed by atoms with Crippen LogP contribution in [0.1, 0.15) is 21.7 Å². The van der Waals surface area contributed by atoms with Crippen molar-refractivity contribution in [1.82, 2.24) is 9.78 Å². The highest BCUT2D eigenvalue weighted by Crippen LogP contribution is 2.19. The molecule has 1 aromatic heterocycles. The average Bonchev–Trinajstić information content (AvgIpc) is 2.57. The molecule has 16 heavy (non-hydrogen) atoms. The summed E-state index contributed by atoms with van der Waals surface area (Å²) in [5.41, 5.74) is 3.20. The molecule has 4 heteroatoms. The normalized spacial score (nSPS) is 10.4. The van der Waals surface area contributed by atoms with Crippen molar-refractivity contribution in [2.45, 2.75) is 13.8 Å². The van der Waals surface area contributed by atoms with Crippen LogP contribution in [-0.2, 0) is 0 Å². The van der Waals surface area contributed by atoms with Gasteiger partial charge in [-0.05, 0) is 38.1 Å². The second-order valence-electron chi connectivity index (χ2n) is 3.66. The molecule has 0 atom stereocenters. The van der Waals surface area contributed by atoms with Crippen molar-refractivity contribution in [3.63, 3.8) is 0 Å². The van der Waals surface area contributed by atoms with Gasteiger partial charge in [-0.1, -0.05) is 11.6 Å². The van der Waals surface area contributed by atoms with Gasteiger partial charge in [0.1, 0.15) is 0 Å². The van der Waals surface area contributed by atoms with Crippen LogP contribution in [-0.4, -0.2) is 16.1 Å². The van der Waals surface area contributed by atoms with Gasteiger partial charge in [0.15, 0.2) is 6.29 Å². The number of hydrogen-bond donors (Lipinski definition) is 0. The highest BCUT2D eigenvalue weighted by molar-refractivity contribution is 6.30. The number of aromatic nitrogens is 2. The van der Waals surface area contributed by atoms with E-state index < -0.39 is 0 Å². The molecule has 0 aliphatic rings. The largest absolute Gasteiger partial charge is 0.298 e. The lowest BCUT2D eigenvalue weighted by Gasteiger charge is -2.07. The van der Waals surface area contributed by atoms with Crippen LogP contribution < -0.4 is 0 Å².